The molecule has 0 spiro atoms. The number of hydrogen-bond acceptors (Lipinski definition) is 4. The van der Waals surface area contributed by atoms with Gasteiger partial charge in [-0.15, -0.1) is 0 Å². The van der Waals surface area contributed by atoms with E-state index in [0.29, 0.717) is 29.2 Å². The van der Waals surface area contributed by atoms with Gasteiger partial charge in [-0.3, -0.25) is 4.79 Å². The number of nitrogens with one attached hydrogen (secondary N) is 1. The van der Waals surface area contributed by atoms with Crippen LogP contribution in [0.4, 0.5) is 4.39 Å². The molecule has 6 nitrogen and oxygen atoms in total. The van der Waals surface area contributed by atoms with Crippen LogP contribution in [0.15, 0.2) is 48.2 Å². The fourth-order valence-corrected chi connectivity index (χ4v) is 2.28. The number of benzene rings is 2. The molecular weight excluding hydrogens is 353 g/mol. The third kappa shape index (κ3) is 5.85. The molecule has 0 bridgehead atoms. The van der Waals surface area contributed by atoms with Crippen LogP contribution in [0.25, 0.3) is 6.08 Å². The summed E-state index contributed by atoms with van der Waals surface area (Å²) in [5, 5.41) is 11.4. The zero-order valence-electron chi connectivity index (χ0n) is 15.0. The van der Waals surface area contributed by atoms with Gasteiger partial charge in [0.2, 0.25) is 5.91 Å². The summed E-state index contributed by atoms with van der Waals surface area (Å²) in [7, 11) is 0. The molecule has 0 aliphatic heterocycles. The van der Waals surface area contributed by atoms with E-state index in [4.69, 9.17) is 9.47 Å². The van der Waals surface area contributed by atoms with Gasteiger partial charge in [0.15, 0.2) is 11.5 Å². The number of hydrogen-bond donors (Lipinski definition) is 2. The maximum absolute atomic E-state index is 13.7. The Hall–Kier alpha value is -3.35. The predicted molar refractivity (Wildman–Crippen MR) is 97.8 cm³/mol. The fourth-order valence-electron chi connectivity index (χ4n) is 2.28. The van der Waals surface area contributed by atoms with E-state index < -0.39 is 11.9 Å². The molecule has 0 aliphatic carbocycles. The summed E-state index contributed by atoms with van der Waals surface area (Å²) < 4.78 is 24.9. The molecule has 2 aromatic rings. The van der Waals surface area contributed by atoms with Gasteiger partial charge in [-0.1, -0.05) is 24.3 Å². The number of halogens is 1. The van der Waals surface area contributed by atoms with E-state index in [2.05, 4.69) is 5.32 Å². The number of carbonyl (C=O) groups is 2. The minimum Gasteiger partial charge on any atom is -0.490 e. The number of carboxylic acids is 1. The first-order valence-corrected chi connectivity index (χ1v) is 8.26. The second-order valence-corrected chi connectivity index (χ2v) is 5.56. The first-order chi connectivity index (χ1) is 12.9. The Kier molecular flexibility index (Phi) is 6.93. The highest BCUT2D eigenvalue weighted by atomic mass is 19.1. The maximum Gasteiger partial charge on any atom is 0.352 e. The van der Waals surface area contributed by atoms with Gasteiger partial charge in [0.05, 0.1) is 6.61 Å². The third-order valence-electron chi connectivity index (χ3n) is 3.46. The van der Waals surface area contributed by atoms with E-state index >= 15 is 0 Å². The Morgan fingerprint density at radius 3 is 2.52 bits per heavy atom. The molecule has 7 heteroatoms. The molecule has 2 aromatic carbocycles. The molecule has 2 rings (SSSR count). The van der Waals surface area contributed by atoms with Crippen molar-refractivity contribution < 1.29 is 28.6 Å². The summed E-state index contributed by atoms with van der Waals surface area (Å²) in [4.78, 5) is 22.4. The quantitative estimate of drug-likeness (QED) is 0.693. The van der Waals surface area contributed by atoms with Crippen molar-refractivity contribution >= 4 is 18.0 Å². The lowest BCUT2D eigenvalue weighted by atomic mass is 10.1. The number of carbonyl (C=O) groups excluding carboxylic acids is 1. The molecule has 0 unspecified atom stereocenters. The molecule has 27 heavy (non-hydrogen) atoms. The smallest absolute Gasteiger partial charge is 0.352 e. The minimum atomic E-state index is -1.26. The lowest BCUT2D eigenvalue weighted by Crippen LogP contribution is -2.24. The summed E-state index contributed by atoms with van der Waals surface area (Å²) in [5.41, 5.74) is 0.649. The van der Waals surface area contributed by atoms with Gasteiger partial charge in [0.1, 0.15) is 18.1 Å². The Bertz CT molecular complexity index is 863. The van der Waals surface area contributed by atoms with Crippen LogP contribution in [0.5, 0.6) is 11.5 Å². The average molecular weight is 373 g/mol. The van der Waals surface area contributed by atoms with Gasteiger partial charge in [0.25, 0.3) is 0 Å². The van der Waals surface area contributed by atoms with Crippen molar-refractivity contribution in [1.82, 2.24) is 5.32 Å². The van der Waals surface area contributed by atoms with E-state index in [1.165, 1.54) is 19.1 Å². The first kappa shape index (κ1) is 20.0. The Morgan fingerprint density at radius 2 is 1.89 bits per heavy atom. The van der Waals surface area contributed by atoms with Gasteiger partial charge in [-0.05, 0) is 36.8 Å². The predicted octanol–water partition coefficient (Wildman–Crippen LogP) is 3.37. The largest absolute Gasteiger partial charge is 0.490 e. The van der Waals surface area contributed by atoms with Crippen LogP contribution in [0, 0.1) is 5.82 Å². The van der Waals surface area contributed by atoms with Crippen molar-refractivity contribution in [2.45, 2.75) is 20.5 Å². The molecule has 0 aromatic heterocycles. The van der Waals surface area contributed by atoms with Crippen molar-refractivity contribution in [1.29, 1.82) is 0 Å². The number of amides is 1. The highest BCUT2D eigenvalue weighted by molar-refractivity contribution is 5.96. The van der Waals surface area contributed by atoms with Crippen LogP contribution in [0.1, 0.15) is 25.0 Å². The number of ether oxygens (including phenoxy) is 2. The Morgan fingerprint density at radius 1 is 1.15 bits per heavy atom. The Labute approximate surface area is 156 Å². The first-order valence-electron chi connectivity index (χ1n) is 8.26. The van der Waals surface area contributed by atoms with Crippen LogP contribution in [-0.2, 0) is 16.2 Å². The van der Waals surface area contributed by atoms with Crippen LogP contribution in [0.2, 0.25) is 0 Å². The summed E-state index contributed by atoms with van der Waals surface area (Å²) in [6.07, 6.45) is 1.31. The SMILES string of the molecule is CCOc1cc(C=C(NC(C)=O)C(=O)O)ccc1OCc1ccccc1F. The molecule has 0 aliphatic rings. The lowest BCUT2D eigenvalue weighted by molar-refractivity contribution is -0.134. The highest BCUT2D eigenvalue weighted by Gasteiger charge is 2.12. The lowest BCUT2D eigenvalue weighted by Gasteiger charge is -2.13. The van der Waals surface area contributed by atoms with E-state index in [1.807, 2.05) is 0 Å². The van der Waals surface area contributed by atoms with Gasteiger partial charge in [-0.2, -0.15) is 0 Å². The maximum atomic E-state index is 13.7. The molecule has 1 amide bonds. The zero-order chi connectivity index (χ0) is 19.8. The molecule has 0 radical (unpaired) electrons. The molecule has 0 atom stereocenters. The average Bonchev–Trinajstić information content (AvgIpc) is 2.61. The van der Waals surface area contributed by atoms with E-state index in [0.717, 1.165) is 0 Å². The summed E-state index contributed by atoms with van der Waals surface area (Å²) in [6, 6.07) is 11.1. The molecule has 142 valence electrons. The van der Waals surface area contributed by atoms with Crippen molar-refractivity contribution in [3.05, 3.63) is 65.1 Å². The summed E-state index contributed by atoms with van der Waals surface area (Å²) >= 11 is 0. The second-order valence-electron chi connectivity index (χ2n) is 5.56. The summed E-state index contributed by atoms with van der Waals surface area (Å²) in [5.74, 6) is -1.33. The third-order valence-corrected chi connectivity index (χ3v) is 3.46. The van der Waals surface area contributed by atoms with Crippen LogP contribution < -0.4 is 14.8 Å². The molecule has 0 heterocycles. The number of carboxylic acid groups (broad SMARTS) is 1. The topological polar surface area (TPSA) is 84.9 Å². The van der Waals surface area contributed by atoms with Gasteiger partial charge < -0.3 is 19.9 Å². The van der Waals surface area contributed by atoms with Gasteiger partial charge in [-0.25, -0.2) is 9.18 Å². The van der Waals surface area contributed by atoms with E-state index in [-0.39, 0.29) is 18.1 Å². The normalized spacial score (nSPS) is 11.0. The van der Waals surface area contributed by atoms with E-state index in [9.17, 15) is 19.1 Å². The van der Waals surface area contributed by atoms with Crippen molar-refractivity contribution in [2.75, 3.05) is 6.61 Å². The van der Waals surface area contributed by atoms with Crippen LogP contribution in [-0.4, -0.2) is 23.6 Å². The number of aliphatic carboxylic acids is 1. The molecule has 0 saturated heterocycles. The molecular formula is C20H20FNO5. The van der Waals surface area contributed by atoms with Crippen LogP contribution >= 0.6 is 0 Å². The fraction of sp³-hybridized carbons (Fsp3) is 0.200. The molecule has 2 N–H and O–H groups in total. The molecule has 0 saturated carbocycles. The standard InChI is InChI=1S/C20H20FNO5/c1-3-26-19-11-14(10-17(20(24)25)22-13(2)23)8-9-18(19)27-12-15-6-4-5-7-16(15)21/h4-11H,3,12H2,1-2H3,(H,22,23)(H,24,25). The van der Waals surface area contributed by atoms with E-state index in [1.54, 1.807) is 43.3 Å². The molecule has 0 fully saturated rings. The minimum absolute atomic E-state index is 0.0220. The van der Waals surface area contributed by atoms with Gasteiger partial charge >= 0.3 is 5.97 Å². The highest BCUT2D eigenvalue weighted by Crippen LogP contribution is 2.30. The number of rotatable bonds is 8. The second kappa shape index (κ2) is 9.38. The zero-order valence-corrected chi connectivity index (χ0v) is 15.0. The van der Waals surface area contributed by atoms with Crippen molar-refractivity contribution in [3.8, 4) is 11.5 Å². The van der Waals surface area contributed by atoms with Gasteiger partial charge in [0, 0.05) is 12.5 Å². The van der Waals surface area contributed by atoms with Crippen LogP contribution in [0.3, 0.4) is 0 Å². The summed E-state index contributed by atoms with van der Waals surface area (Å²) in [6.45, 7) is 3.40. The van der Waals surface area contributed by atoms with Crippen molar-refractivity contribution in [2.24, 2.45) is 0 Å². The van der Waals surface area contributed by atoms with Crippen molar-refractivity contribution in [3.63, 3.8) is 0 Å². The Balaban J connectivity index is 2.26. The monoisotopic (exact) mass is 373 g/mol.